The number of benzene rings is 1. The van der Waals surface area contributed by atoms with Gasteiger partial charge in [0.25, 0.3) is 0 Å². The average Bonchev–Trinajstić information content (AvgIpc) is 2.42. The molecule has 0 aliphatic heterocycles. The van der Waals surface area contributed by atoms with Gasteiger partial charge in [0.2, 0.25) is 11.9 Å². The van der Waals surface area contributed by atoms with Gasteiger partial charge in [-0.15, -0.1) is 0 Å². The van der Waals surface area contributed by atoms with Gasteiger partial charge in [0.15, 0.2) is 5.82 Å². The van der Waals surface area contributed by atoms with E-state index >= 15 is 0 Å². The fourth-order valence-corrected chi connectivity index (χ4v) is 2.22. The van der Waals surface area contributed by atoms with Crippen LogP contribution in [-0.4, -0.2) is 15.0 Å². The minimum absolute atomic E-state index is 0.0292. The summed E-state index contributed by atoms with van der Waals surface area (Å²) < 4.78 is 5.91. The SMILES string of the molecule is CC(C)(C)c1cc(OCc2nc(N)nc(N)n2)cc(C(C)(C)C)c1. The molecule has 0 saturated heterocycles. The first-order chi connectivity index (χ1) is 10.9. The molecular weight excluding hydrogens is 302 g/mol. The van der Waals surface area contributed by atoms with Crippen LogP contribution < -0.4 is 16.2 Å². The Morgan fingerprint density at radius 1 is 0.792 bits per heavy atom. The van der Waals surface area contributed by atoms with E-state index in [2.05, 4.69) is 74.7 Å². The molecule has 0 saturated carbocycles. The van der Waals surface area contributed by atoms with Crippen molar-refractivity contribution in [2.45, 2.75) is 59.0 Å². The van der Waals surface area contributed by atoms with Crippen molar-refractivity contribution in [1.29, 1.82) is 0 Å². The Morgan fingerprint density at radius 2 is 1.25 bits per heavy atom. The number of hydrogen-bond donors (Lipinski definition) is 2. The summed E-state index contributed by atoms with van der Waals surface area (Å²) in [4.78, 5) is 11.8. The van der Waals surface area contributed by atoms with E-state index in [9.17, 15) is 0 Å². The quantitative estimate of drug-likeness (QED) is 0.897. The number of anilines is 2. The van der Waals surface area contributed by atoms with Crippen molar-refractivity contribution < 1.29 is 4.74 Å². The van der Waals surface area contributed by atoms with Crippen LogP contribution in [0, 0.1) is 0 Å². The molecule has 130 valence electrons. The molecule has 6 heteroatoms. The van der Waals surface area contributed by atoms with E-state index in [0.717, 1.165) is 5.75 Å². The van der Waals surface area contributed by atoms with Crippen LogP contribution >= 0.6 is 0 Å². The van der Waals surface area contributed by atoms with Crippen molar-refractivity contribution in [1.82, 2.24) is 15.0 Å². The third-order valence-electron chi connectivity index (χ3n) is 3.72. The van der Waals surface area contributed by atoms with Crippen molar-refractivity contribution in [3.05, 3.63) is 35.2 Å². The van der Waals surface area contributed by atoms with E-state index in [4.69, 9.17) is 16.2 Å². The van der Waals surface area contributed by atoms with Gasteiger partial charge in [-0.3, -0.25) is 0 Å². The first kappa shape index (κ1) is 18.0. The summed E-state index contributed by atoms with van der Waals surface area (Å²) in [7, 11) is 0. The molecule has 0 fully saturated rings. The maximum Gasteiger partial charge on any atom is 0.225 e. The molecule has 0 aliphatic rings. The monoisotopic (exact) mass is 329 g/mol. The van der Waals surface area contributed by atoms with Crippen LogP contribution in [0.4, 0.5) is 11.9 Å². The minimum Gasteiger partial charge on any atom is -0.486 e. The van der Waals surface area contributed by atoms with E-state index < -0.39 is 0 Å². The highest BCUT2D eigenvalue weighted by Gasteiger charge is 2.21. The van der Waals surface area contributed by atoms with E-state index in [-0.39, 0.29) is 29.3 Å². The van der Waals surface area contributed by atoms with E-state index in [1.165, 1.54) is 11.1 Å². The van der Waals surface area contributed by atoms with Gasteiger partial charge >= 0.3 is 0 Å². The molecule has 0 bridgehead atoms. The molecule has 6 nitrogen and oxygen atoms in total. The number of nitrogens with zero attached hydrogens (tertiary/aromatic N) is 3. The zero-order valence-corrected chi connectivity index (χ0v) is 15.3. The lowest BCUT2D eigenvalue weighted by molar-refractivity contribution is 0.294. The van der Waals surface area contributed by atoms with Crippen LogP contribution in [-0.2, 0) is 17.4 Å². The normalized spacial score (nSPS) is 12.2. The van der Waals surface area contributed by atoms with Gasteiger partial charge < -0.3 is 16.2 Å². The number of hydrogen-bond acceptors (Lipinski definition) is 6. The molecular formula is C18H27N5O. The summed E-state index contributed by atoms with van der Waals surface area (Å²) in [6, 6.07) is 6.36. The summed E-state index contributed by atoms with van der Waals surface area (Å²) >= 11 is 0. The Hall–Kier alpha value is -2.37. The fraction of sp³-hybridized carbons (Fsp3) is 0.500. The maximum atomic E-state index is 5.91. The second-order valence-electron chi connectivity index (χ2n) is 8.00. The first-order valence-electron chi connectivity index (χ1n) is 8.00. The summed E-state index contributed by atoms with van der Waals surface area (Å²) in [5.41, 5.74) is 13.7. The first-order valence-corrected chi connectivity index (χ1v) is 8.00. The third-order valence-corrected chi connectivity index (χ3v) is 3.72. The predicted molar refractivity (Wildman–Crippen MR) is 96.8 cm³/mol. The van der Waals surface area contributed by atoms with Crippen LogP contribution in [0.5, 0.6) is 5.75 Å². The summed E-state index contributed by atoms with van der Waals surface area (Å²) in [5, 5.41) is 0. The summed E-state index contributed by atoms with van der Waals surface area (Å²) in [6.07, 6.45) is 0. The minimum atomic E-state index is 0.0292. The molecule has 0 unspecified atom stereocenters. The van der Waals surface area contributed by atoms with E-state index in [0.29, 0.717) is 5.82 Å². The Labute approximate surface area is 143 Å². The smallest absolute Gasteiger partial charge is 0.225 e. The maximum absolute atomic E-state index is 5.91. The zero-order valence-electron chi connectivity index (χ0n) is 15.3. The van der Waals surface area contributed by atoms with Crippen LogP contribution in [0.15, 0.2) is 18.2 Å². The van der Waals surface area contributed by atoms with Crippen molar-refractivity contribution in [3.8, 4) is 5.75 Å². The molecule has 0 spiro atoms. The Bertz CT molecular complexity index is 677. The lowest BCUT2D eigenvalue weighted by atomic mass is 9.80. The number of rotatable bonds is 3. The summed E-state index contributed by atoms with van der Waals surface area (Å²) in [5.74, 6) is 1.39. The van der Waals surface area contributed by atoms with Gasteiger partial charge in [0.1, 0.15) is 12.4 Å². The molecule has 0 radical (unpaired) electrons. The average molecular weight is 329 g/mol. The largest absolute Gasteiger partial charge is 0.486 e. The van der Waals surface area contributed by atoms with E-state index in [1.54, 1.807) is 0 Å². The van der Waals surface area contributed by atoms with Crippen molar-refractivity contribution in [3.63, 3.8) is 0 Å². The lowest BCUT2D eigenvalue weighted by Crippen LogP contribution is -2.17. The highest BCUT2D eigenvalue weighted by molar-refractivity contribution is 5.40. The molecule has 0 atom stereocenters. The third kappa shape index (κ3) is 4.57. The Balaban J connectivity index is 2.32. The van der Waals surface area contributed by atoms with Gasteiger partial charge in [-0.25, -0.2) is 0 Å². The number of nitrogen functional groups attached to an aromatic ring is 2. The fourth-order valence-electron chi connectivity index (χ4n) is 2.22. The van der Waals surface area contributed by atoms with Crippen LogP contribution in [0.25, 0.3) is 0 Å². The molecule has 2 aromatic rings. The van der Waals surface area contributed by atoms with Crippen molar-refractivity contribution in [2.24, 2.45) is 0 Å². The molecule has 0 aliphatic carbocycles. The van der Waals surface area contributed by atoms with Gasteiger partial charge in [0, 0.05) is 0 Å². The van der Waals surface area contributed by atoms with Crippen LogP contribution in [0.1, 0.15) is 58.5 Å². The molecule has 4 N–H and O–H groups in total. The standard InChI is InChI=1S/C18H27N5O/c1-17(2,3)11-7-12(18(4,5)6)9-13(8-11)24-10-14-21-15(19)23-16(20)22-14/h7-9H,10H2,1-6H3,(H4,19,20,21,22,23). The Kier molecular flexibility index (Phi) is 4.69. The molecule has 0 amide bonds. The lowest BCUT2D eigenvalue weighted by Gasteiger charge is -2.26. The van der Waals surface area contributed by atoms with Gasteiger partial charge in [-0.05, 0) is 34.1 Å². The van der Waals surface area contributed by atoms with Gasteiger partial charge in [-0.1, -0.05) is 47.6 Å². The van der Waals surface area contributed by atoms with E-state index in [1.807, 2.05) is 0 Å². The molecule has 1 aromatic carbocycles. The summed E-state index contributed by atoms with van der Waals surface area (Å²) in [6.45, 7) is 13.3. The van der Waals surface area contributed by atoms with Crippen LogP contribution in [0.2, 0.25) is 0 Å². The molecule has 1 heterocycles. The topological polar surface area (TPSA) is 99.9 Å². The number of nitrogens with two attached hydrogens (primary N) is 2. The number of aromatic nitrogens is 3. The van der Waals surface area contributed by atoms with Crippen molar-refractivity contribution >= 4 is 11.9 Å². The molecule has 2 rings (SSSR count). The molecule has 24 heavy (non-hydrogen) atoms. The second kappa shape index (κ2) is 6.26. The Morgan fingerprint density at radius 3 is 1.67 bits per heavy atom. The highest BCUT2D eigenvalue weighted by Crippen LogP contribution is 2.33. The van der Waals surface area contributed by atoms with Gasteiger partial charge in [0.05, 0.1) is 0 Å². The number of ether oxygens (including phenoxy) is 1. The van der Waals surface area contributed by atoms with Crippen LogP contribution in [0.3, 0.4) is 0 Å². The second-order valence-corrected chi connectivity index (χ2v) is 8.00. The van der Waals surface area contributed by atoms with Crippen molar-refractivity contribution in [2.75, 3.05) is 11.5 Å². The molecule has 1 aromatic heterocycles. The van der Waals surface area contributed by atoms with Gasteiger partial charge in [-0.2, -0.15) is 15.0 Å². The zero-order chi connectivity index (χ0) is 18.1. The highest BCUT2D eigenvalue weighted by atomic mass is 16.5. The predicted octanol–water partition coefficient (Wildman–Crippen LogP) is 3.21.